The third kappa shape index (κ3) is 7.06. The fourth-order valence-electron chi connectivity index (χ4n) is 6.33. The smallest absolute Gasteiger partial charge is 0.0937 e. The highest BCUT2D eigenvalue weighted by atomic mass is 15.6. The van der Waals surface area contributed by atoms with E-state index in [1.807, 2.05) is 0 Å². The topological polar surface area (TPSA) is 22.7 Å². The van der Waals surface area contributed by atoms with Crippen molar-refractivity contribution in [1.29, 1.82) is 0 Å². The zero-order chi connectivity index (χ0) is 30.8. The summed E-state index contributed by atoms with van der Waals surface area (Å²) in [6.07, 6.45) is 0. The van der Waals surface area contributed by atoms with Crippen LogP contribution in [0.3, 0.4) is 0 Å². The Morgan fingerprint density at radius 3 is 1.14 bits per heavy atom. The Bertz CT molecular complexity index is 1260. The standard InChI is InChI=1S/C35H53N7/c1-12-41(37(10)11)32-21-17-30(18-22-32)39-25-38(29-15-13-28(14-16-29)36(8)9)26-40(27-39)31-19-23-33(24-20-31)42(34(2,3)4)35(5,6)7/h13-24H,12,25-27H2,1-11H3. The van der Waals surface area contributed by atoms with Gasteiger partial charge in [0.05, 0.1) is 25.7 Å². The Hall–Kier alpha value is -3.58. The van der Waals surface area contributed by atoms with Crippen LogP contribution < -0.4 is 29.5 Å². The fourth-order valence-corrected chi connectivity index (χ4v) is 6.33. The van der Waals surface area contributed by atoms with Crippen molar-refractivity contribution in [3.05, 3.63) is 72.8 Å². The average molecular weight is 572 g/mol. The van der Waals surface area contributed by atoms with Crippen molar-refractivity contribution in [3.63, 3.8) is 0 Å². The lowest BCUT2D eigenvalue weighted by Crippen LogP contribution is -2.55. The molecule has 228 valence electrons. The number of anilines is 6. The molecule has 0 aromatic heterocycles. The largest absolute Gasteiger partial charge is 0.378 e. The predicted molar refractivity (Wildman–Crippen MR) is 184 cm³/mol. The number of nitrogens with zero attached hydrogens (tertiary/aromatic N) is 7. The van der Waals surface area contributed by atoms with Gasteiger partial charge in [0.15, 0.2) is 0 Å². The van der Waals surface area contributed by atoms with Crippen LogP contribution in [-0.4, -0.2) is 70.8 Å². The van der Waals surface area contributed by atoms with Gasteiger partial charge in [0, 0.05) is 74.3 Å². The minimum absolute atomic E-state index is 0.0172. The summed E-state index contributed by atoms with van der Waals surface area (Å²) in [6, 6.07) is 27.0. The van der Waals surface area contributed by atoms with Gasteiger partial charge in [0.25, 0.3) is 0 Å². The molecule has 7 heteroatoms. The molecule has 0 amide bonds. The minimum atomic E-state index is 0.0172. The van der Waals surface area contributed by atoms with Crippen LogP contribution in [0, 0.1) is 0 Å². The van der Waals surface area contributed by atoms with Crippen molar-refractivity contribution in [2.75, 3.05) is 84.2 Å². The molecule has 0 unspecified atom stereocenters. The van der Waals surface area contributed by atoms with Crippen LogP contribution in [0.15, 0.2) is 72.8 Å². The SMILES string of the molecule is CCN(c1ccc(N2CN(c3ccc(N(C)C)cc3)CN(c3ccc(N(C(C)(C)C)C(C)(C)C)cc3)C2)cc1)N(C)C. The maximum Gasteiger partial charge on any atom is 0.0937 e. The second kappa shape index (κ2) is 12.3. The Kier molecular flexibility index (Phi) is 9.21. The Balaban J connectivity index is 1.66. The Labute approximate surface area is 255 Å². The molecule has 1 heterocycles. The number of benzene rings is 3. The van der Waals surface area contributed by atoms with Crippen LogP contribution in [-0.2, 0) is 0 Å². The summed E-state index contributed by atoms with van der Waals surface area (Å²) in [6.45, 7) is 19.3. The first-order valence-corrected chi connectivity index (χ1v) is 15.2. The number of hydrogen-bond donors (Lipinski definition) is 0. The summed E-state index contributed by atoms with van der Waals surface area (Å²) in [5, 5.41) is 4.41. The lowest BCUT2D eigenvalue weighted by Gasteiger charge is -2.48. The molecule has 1 fully saturated rings. The van der Waals surface area contributed by atoms with Crippen molar-refractivity contribution in [2.24, 2.45) is 0 Å². The molecule has 3 aromatic carbocycles. The van der Waals surface area contributed by atoms with Crippen LogP contribution in [0.5, 0.6) is 0 Å². The monoisotopic (exact) mass is 571 g/mol. The second-order valence-electron chi connectivity index (χ2n) is 13.7. The summed E-state index contributed by atoms with van der Waals surface area (Å²) >= 11 is 0. The first-order chi connectivity index (χ1) is 19.7. The Morgan fingerprint density at radius 1 is 0.524 bits per heavy atom. The molecule has 4 rings (SSSR count). The molecular weight excluding hydrogens is 518 g/mol. The van der Waals surface area contributed by atoms with Gasteiger partial charge in [-0.3, -0.25) is 0 Å². The third-order valence-corrected chi connectivity index (χ3v) is 7.87. The molecule has 42 heavy (non-hydrogen) atoms. The normalized spacial score (nSPS) is 14.4. The van der Waals surface area contributed by atoms with E-state index in [1.54, 1.807) is 0 Å². The molecule has 0 saturated carbocycles. The molecule has 1 aliphatic heterocycles. The van der Waals surface area contributed by atoms with E-state index < -0.39 is 0 Å². The molecule has 0 aliphatic carbocycles. The molecule has 0 spiro atoms. The van der Waals surface area contributed by atoms with Gasteiger partial charge in [-0.2, -0.15) is 0 Å². The zero-order valence-corrected chi connectivity index (χ0v) is 27.9. The maximum absolute atomic E-state index is 2.51. The molecule has 3 aromatic rings. The summed E-state index contributed by atoms with van der Waals surface area (Å²) in [5.41, 5.74) is 7.36. The summed E-state index contributed by atoms with van der Waals surface area (Å²) in [7, 11) is 8.35. The highest BCUT2D eigenvalue weighted by Gasteiger charge is 2.32. The lowest BCUT2D eigenvalue weighted by atomic mass is 9.94. The van der Waals surface area contributed by atoms with Gasteiger partial charge in [0.1, 0.15) is 0 Å². The molecule has 0 atom stereocenters. The van der Waals surface area contributed by atoms with Crippen LogP contribution in [0.25, 0.3) is 0 Å². The van der Waals surface area contributed by atoms with E-state index in [4.69, 9.17) is 0 Å². The first kappa shape index (κ1) is 31.4. The minimum Gasteiger partial charge on any atom is -0.378 e. The maximum atomic E-state index is 2.51. The van der Waals surface area contributed by atoms with E-state index in [9.17, 15) is 0 Å². The van der Waals surface area contributed by atoms with Crippen LogP contribution in [0.1, 0.15) is 48.5 Å². The molecule has 1 saturated heterocycles. The number of hydrogen-bond acceptors (Lipinski definition) is 7. The van der Waals surface area contributed by atoms with Gasteiger partial charge in [-0.15, -0.1) is 0 Å². The van der Waals surface area contributed by atoms with Gasteiger partial charge >= 0.3 is 0 Å². The van der Waals surface area contributed by atoms with Gasteiger partial charge in [-0.25, -0.2) is 5.01 Å². The lowest BCUT2D eigenvalue weighted by molar-refractivity contribution is 0.376. The van der Waals surface area contributed by atoms with Crippen LogP contribution in [0.4, 0.5) is 34.1 Å². The highest BCUT2D eigenvalue weighted by Crippen LogP contribution is 2.34. The molecular formula is C35H53N7. The summed E-state index contributed by atoms with van der Waals surface area (Å²) in [4.78, 5) is 12.0. The van der Waals surface area contributed by atoms with E-state index in [1.165, 1.54) is 34.1 Å². The van der Waals surface area contributed by atoms with Gasteiger partial charge in [0.2, 0.25) is 0 Å². The third-order valence-electron chi connectivity index (χ3n) is 7.87. The van der Waals surface area contributed by atoms with Crippen molar-refractivity contribution < 1.29 is 0 Å². The van der Waals surface area contributed by atoms with Crippen molar-refractivity contribution >= 4 is 34.1 Å². The second-order valence-corrected chi connectivity index (χ2v) is 13.7. The average Bonchev–Trinajstić information content (AvgIpc) is 2.92. The number of hydrazine groups is 1. The molecule has 0 bridgehead atoms. The van der Waals surface area contributed by atoms with E-state index in [0.717, 1.165) is 26.6 Å². The van der Waals surface area contributed by atoms with Gasteiger partial charge in [-0.05, 0) is 121 Å². The van der Waals surface area contributed by atoms with E-state index in [2.05, 4.69) is 184 Å². The van der Waals surface area contributed by atoms with Crippen LogP contribution in [0.2, 0.25) is 0 Å². The molecule has 0 N–H and O–H groups in total. The zero-order valence-electron chi connectivity index (χ0n) is 27.9. The van der Waals surface area contributed by atoms with Gasteiger partial charge < -0.3 is 29.5 Å². The predicted octanol–water partition coefficient (Wildman–Crippen LogP) is 7.16. The van der Waals surface area contributed by atoms with E-state index in [0.29, 0.717) is 0 Å². The van der Waals surface area contributed by atoms with E-state index >= 15 is 0 Å². The van der Waals surface area contributed by atoms with Crippen molar-refractivity contribution in [3.8, 4) is 0 Å². The fraction of sp³-hybridized carbons (Fsp3) is 0.486. The number of rotatable bonds is 8. The first-order valence-electron chi connectivity index (χ1n) is 15.2. The van der Waals surface area contributed by atoms with E-state index in [-0.39, 0.29) is 11.1 Å². The Morgan fingerprint density at radius 2 is 0.857 bits per heavy atom. The van der Waals surface area contributed by atoms with Crippen molar-refractivity contribution in [1.82, 2.24) is 5.01 Å². The van der Waals surface area contributed by atoms with Crippen molar-refractivity contribution in [2.45, 2.75) is 59.5 Å². The van der Waals surface area contributed by atoms with Gasteiger partial charge in [-0.1, -0.05) is 0 Å². The summed E-state index contributed by atoms with van der Waals surface area (Å²) in [5.74, 6) is 0. The molecule has 0 radical (unpaired) electrons. The quantitative estimate of drug-likeness (QED) is 0.264. The van der Waals surface area contributed by atoms with Crippen LogP contribution >= 0.6 is 0 Å². The molecule has 7 nitrogen and oxygen atoms in total. The molecule has 1 aliphatic rings. The highest BCUT2D eigenvalue weighted by molar-refractivity contribution is 5.64. The summed E-state index contributed by atoms with van der Waals surface area (Å²) < 4.78 is 0.